The van der Waals surface area contributed by atoms with Crippen LogP contribution in [0.2, 0.25) is 0 Å². The molecule has 1 aromatic rings. The fraction of sp³-hybridized carbons (Fsp3) is 0.538. The molecule has 0 unspecified atom stereocenters. The molecule has 0 bridgehead atoms. The summed E-state index contributed by atoms with van der Waals surface area (Å²) in [6.07, 6.45) is 0.620. The number of rotatable bonds is 3. The van der Waals surface area contributed by atoms with Crippen LogP contribution in [0.15, 0.2) is 18.2 Å². The molecule has 0 fully saturated rings. The maximum atomic E-state index is 9.33. The summed E-state index contributed by atoms with van der Waals surface area (Å²) in [4.78, 5) is 0. The van der Waals surface area contributed by atoms with Gasteiger partial charge in [0.25, 0.3) is 0 Å². The summed E-state index contributed by atoms with van der Waals surface area (Å²) in [6.45, 7) is 8.27. The standard InChI is InChI=1S/C13H20O/c1-9-5-6-13(10(2)7-9)11(3)8-12(4)14/h5-7,11-12,14H,8H2,1-4H3/t11-,12+/m0/s1. The molecule has 78 valence electrons. The Balaban J connectivity index is 2.84. The van der Waals surface area contributed by atoms with Crippen molar-refractivity contribution in [1.29, 1.82) is 0 Å². The van der Waals surface area contributed by atoms with Crippen LogP contribution in [-0.4, -0.2) is 11.2 Å². The fourth-order valence-electron chi connectivity index (χ4n) is 2.02. The summed E-state index contributed by atoms with van der Waals surface area (Å²) in [5, 5.41) is 9.33. The number of benzene rings is 1. The van der Waals surface area contributed by atoms with Gasteiger partial charge in [0.05, 0.1) is 6.10 Å². The van der Waals surface area contributed by atoms with E-state index in [1.54, 1.807) is 0 Å². The first-order chi connectivity index (χ1) is 6.50. The molecule has 1 nitrogen and oxygen atoms in total. The zero-order chi connectivity index (χ0) is 10.7. The van der Waals surface area contributed by atoms with E-state index in [2.05, 4.69) is 39.0 Å². The lowest BCUT2D eigenvalue weighted by molar-refractivity contribution is 0.176. The lowest BCUT2D eigenvalue weighted by Gasteiger charge is -2.16. The molecule has 0 aromatic heterocycles. The highest BCUT2D eigenvalue weighted by atomic mass is 16.3. The maximum Gasteiger partial charge on any atom is 0.0517 e. The number of hydrogen-bond acceptors (Lipinski definition) is 1. The molecule has 0 aliphatic heterocycles. The van der Waals surface area contributed by atoms with Crippen molar-refractivity contribution in [2.75, 3.05) is 0 Å². The van der Waals surface area contributed by atoms with Crippen LogP contribution >= 0.6 is 0 Å². The predicted octanol–water partition coefficient (Wildman–Crippen LogP) is 3.18. The van der Waals surface area contributed by atoms with Crippen molar-refractivity contribution in [2.45, 2.75) is 46.1 Å². The average molecular weight is 192 g/mol. The molecule has 0 spiro atoms. The number of hydrogen-bond donors (Lipinski definition) is 1. The van der Waals surface area contributed by atoms with Gasteiger partial charge in [-0.3, -0.25) is 0 Å². The molecule has 1 rings (SSSR count). The molecule has 1 aromatic carbocycles. The molecule has 0 radical (unpaired) electrons. The molecular weight excluding hydrogens is 172 g/mol. The normalized spacial score (nSPS) is 15.2. The Morgan fingerprint density at radius 1 is 1.21 bits per heavy atom. The van der Waals surface area contributed by atoms with E-state index in [0.29, 0.717) is 5.92 Å². The second kappa shape index (κ2) is 4.61. The Bertz CT molecular complexity index is 302. The number of aliphatic hydroxyl groups excluding tert-OH is 1. The van der Waals surface area contributed by atoms with Crippen molar-refractivity contribution in [3.05, 3.63) is 34.9 Å². The van der Waals surface area contributed by atoms with Crippen LogP contribution in [0.3, 0.4) is 0 Å². The Kier molecular flexibility index (Phi) is 3.70. The molecule has 0 aliphatic rings. The van der Waals surface area contributed by atoms with Gasteiger partial charge in [-0.2, -0.15) is 0 Å². The SMILES string of the molecule is Cc1ccc([C@@H](C)C[C@@H](C)O)c(C)c1. The average Bonchev–Trinajstić information content (AvgIpc) is 2.01. The lowest BCUT2D eigenvalue weighted by Crippen LogP contribution is -2.07. The molecular formula is C13H20O. The second-order valence-corrected chi connectivity index (χ2v) is 4.35. The smallest absolute Gasteiger partial charge is 0.0517 e. The van der Waals surface area contributed by atoms with Crippen molar-refractivity contribution in [2.24, 2.45) is 0 Å². The van der Waals surface area contributed by atoms with Gasteiger partial charge in [0.1, 0.15) is 0 Å². The van der Waals surface area contributed by atoms with E-state index in [9.17, 15) is 5.11 Å². The van der Waals surface area contributed by atoms with Crippen molar-refractivity contribution < 1.29 is 5.11 Å². The van der Waals surface area contributed by atoms with Gasteiger partial charge in [-0.25, -0.2) is 0 Å². The van der Waals surface area contributed by atoms with Gasteiger partial charge < -0.3 is 5.11 Å². The predicted molar refractivity (Wildman–Crippen MR) is 60.6 cm³/mol. The molecule has 14 heavy (non-hydrogen) atoms. The third-order valence-electron chi connectivity index (χ3n) is 2.65. The van der Waals surface area contributed by atoms with E-state index in [1.165, 1.54) is 16.7 Å². The monoisotopic (exact) mass is 192 g/mol. The second-order valence-electron chi connectivity index (χ2n) is 4.35. The van der Waals surface area contributed by atoms with Gasteiger partial charge in [-0.1, -0.05) is 30.7 Å². The van der Waals surface area contributed by atoms with Gasteiger partial charge in [0, 0.05) is 0 Å². The molecule has 0 amide bonds. The molecule has 1 heteroatoms. The van der Waals surface area contributed by atoms with E-state index in [1.807, 2.05) is 6.92 Å². The van der Waals surface area contributed by atoms with Crippen molar-refractivity contribution in [3.63, 3.8) is 0 Å². The molecule has 0 heterocycles. The van der Waals surface area contributed by atoms with Crippen molar-refractivity contribution >= 4 is 0 Å². The Labute approximate surface area is 86.8 Å². The van der Waals surface area contributed by atoms with Gasteiger partial charge in [0.15, 0.2) is 0 Å². The number of aryl methyl sites for hydroxylation is 2. The van der Waals surface area contributed by atoms with Crippen LogP contribution in [0.4, 0.5) is 0 Å². The van der Waals surface area contributed by atoms with Gasteiger partial charge >= 0.3 is 0 Å². The topological polar surface area (TPSA) is 20.2 Å². The van der Waals surface area contributed by atoms with E-state index in [-0.39, 0.29) is 6.10 Å². The van der Waals surface area contributed by atoms with Gasteiger partial charge in [-0.05, 0) is 44.2 Å². The van der Waals surface area contributed by atoms with Crippen LogP contribution in [0, 0.1) is 13.8 Å². The van der Waals surface area contributed by atoms with Gasteiger partial charge in [0.2, 0.25) is 0 Å². The largest absolute Gasteiger partial charge is 0.393 e. The highest BCUT2D eigenvalue weighted by molar-refractivity contribution is 5.32. The van der Waals surface area contributed by atoms with Crippen LogP contribution in [0.25, 0.3) is 0 Å². The summed E-state index contributed by atoms with van der Waals surface area (Å²) in [7, 11) is 0. The first-order valence-electron chi connectivity index (χ1n) is 5.26. The number of aliphatic hydroxyl groups is 1. The molecule has 0 saturated heterocycles. The Hall–Kier alpha value is -0.820. The molecule has 0 aliphatic carbocycles. The van der Waals surface area contributed by atoms with Crippen LogP contribution in [0.1, 0.15) is 42.9 Å². The lowest BCUT2D eigenvalue weighted by atomic mass is 9.91. The minimum atomic E-state index is -0.217. The molecule has 2 atom stereocenters. The molecule has 1 N–H and O–H groups in total. The zero-order valence-corrected chi connectivity index (χ0v) is 9.54. The van der Waals surface area contributed by atoms with Crippen molar-refractivity contribution in [3.8, 4) is 0 Å². The van der Waals surface area contributed by atoms with E-state index in [4.69, 9.17) is 0 Å². The Morgan fingerprint density at radius 2 is 1.86 bits per heavy atom. The van der Waals surface area contributed by atoms with Gasteiger partial charge in [-0.15, -0.1) is 0 Å². The highest BCUT2D eigenvalue weighted by Crippen LogP contribution is 2.24. The fourth-order valence-corrected chi connectivity index (χ4v) is 2.02. The van der Waals surface area contributed by atoms with Crippen LogP contribution in [-0.2, 0) is 0 Å². The van der Waals surface area contributed by atoms with E-state index < -0.39 is 0 Å². The van der Waals surface area contributed by atoms with Crippen LogP contribution < -0.4 is 0 Å². The summed E-state index contributed by atoms with van der Waals surface area (Å²) < 4.78 is 0. The quantitative estimate of drug-likeness (QED) is 0.780. The van der Waals surface area contributed by atoms with E-state index in [0.717, 1.165) is 6.42 Å². The minimum Gasteiger partial charge on any atom is -0.393 e. The third kappa shape index (κ3) is 2.85. The summed E-state index contributed by atoms with van der Waals surface area (Å²) in [6, 6.07) is 6.52. The first-order valence-corrected chi connectivity index (χ1v) is 5.26. The minimum absolute atomic E-state index is 0.217. The highest BCUT2D eigenvalue weighted by Gasteiger charge is 2.10. The summed E-state index contributed by atoms with van der Waals surface area (Å²) in [5.41, 5.74) is 3.99. The maximum absolute atomic E-state index is 9.33. The third-order valence-corrected chi connectivity index (χ3v) is 2.65. The first kappa shape index (κ1) is 11.3. The summed E-state index contributed by atoms with van der Waals surface area (Å²) in [5.74, 6) is 0.440. The van der Waals surface area contributed by atoms with Crippen molar-refractivity contribution in [1.82, 2.24) is 0 Å². The summed E-state index contributed by atoms with van der Waals surface area (Å²) >= 11 is 0. The molecule has 0 saturated carbocycles. The Morgan fingerprint density at radius 3 is 2.36 bits per heavy atom. The zero-order valence-electron chi connectivity index (χ0n) is 9.54. The van der Waals surface area contributed by atoms with E-state index >= 15 is 0 Å². The van der Waals surface area contributed by atoms with Crippen LogP contribution in [0.5, 0.6) is 0 Å².